The number of hydrogen-bond donors (Lipinski definition) is 3. The molecule has 1 aliphatic rings. The minimum Gasteiger partial charge on any atom is -0.368 e. The quantitative estimate of drug-likeness (QED) is 0.319. The molecule has 0 bridgehead atoms. The zero-order chi connectivity index (χ0) is 28.1. The van der Waals surface area contributed by atoms with Gasteiger partial charge in [0.15, 0.2) is 0 Å². The Morgan fingerprint density at radius 1 is 0.925 bits per heavy atom. The highest BCUT2D eigenvalue weighted by molar-refractivity contribution is 5.94. The molecule has 0 unspecified atom stereocenters. The van der Waals surface area contributed by atoms with Crippen molar-refractivity contribution in [1.82, 2.24) is 14.9 Å². The van der Waals surface area contributed by atoms with Crippen LogP contribution in [0.15, 0.2) is 79.0 Å². The SMILES string of the molecule is CC(=O)Nc1ccc(-c2ccnc(Nc3ccc(N4CCN(C(=O)c5ccc(CN)c(F)c5)CC4)cc3)n2)cc1. The average Bonchev–Trinajstić information content (AvgIpc) is 2.97. The lowest BCUT2D eigenvalue weighted by Crippen LogP contribution is -2.48. The zero-order valence-electron chi connectivity index (χ0n) is 22.1. The summed E-state index contributed by atoms with van der Waals surface area (Å²) in [5.41, 5.74) is 10.5. The van der Waals surface area contributed by atoms with E-state index in [9.17, 15) is 14.0 Å². The first kappa shape index (κ1) is 26.8. The lowest BCUT2D eigenvalue weighted by Gasteiger charge is -2.36. The molecule has 0 aliphatic carbocycles. The third-order valence-electron chi connectivity index (χ3n) is 6.73. The number of rotatable bonds is 7. The monoisotopic (exact) mass is 539 g/mol. The summed E-state index contributed by atoms with van der Waals surface area (Å²) in [7, 11) is 0. The van der Waals surface area contributed by atoms with E-state index >= 15 is 0 Å². The fraction of sp³-hybridized carbons (Fsp3) is 0.200. The van der Waals surface area contributed by atoms with Crippen molar-refractivity contribution in [1.29, 1.82) is 0 Å². The topological polar surface area (TPSA) is 116 Å². The Kier molecular flexibility index (Phi) is 7.97. The maximum atomic E-state index is 14.1. The van der Waals surface area contributed by atoms with Crippen molar-refractivity contribution in [3.63, 3.8) is 0 Å². The predicted octanol–water partition coefficient (Wildman–Crippen LogP) is 4.41. The molecule has 9 nitrogen and oxygen atoms in total. The molecule has 4 N–H and O–H groups in total. The molecule has 1 fully saturated rings. The normalized spacial score (nSPS) is 13.2. The Balaban J connectivity index is 1.17. The van der Waals surface area contributed by atoms with Crippen molar-refractivity contribution in [3.8, 4) is 11.3 Å². The highest BCUT2D eigenvalue weighted by atomic mass is 19.1. The van der Waals surface area contributed by atoms with Gasteiger partial charge in [-0.25, -0.2) is 14.4 Å². The summed E-state index contributed by atoms with van der Waals surface area (Å²) in [5.74, 6) is -0.269. The van der Waals surface area contributed by atoms with Crippen molar-refractivity contribution in [2.75, 3.05) is 41.7 Å². The molecule has 2 amide bonds. The van der Waals surface area contributed by atoms with Gasteiger partial charge in [0, 0.05) is 79.6 Å². The average molecular weight is 540 g/mol. The van der Waals surface area contributed by atoms with Crippen LogP contribution in [0.4, 0.5) is 27.4 Å². The van der Waals surface area contributed by atoms with Crippen LogP contribution < -0.4 is 21.3 Å². The first-order chi connectivity index (χ1) is 19.4. The molecule has 0 spiro atoms. The van der Waals surface area contributed by atoms with E-state index in [1.54, 1.807) is 23.2 Å². The number of halogens is 1. The molecule has 40 heavy (non-hydrogen) atoms. The number of piperazine rings is 1. The van der Waals surface area contributed by atoms with E-state index in [1.807, 2.05) is 54.6 Å². The van der Waals surface area contributed by atoms with Gasteiger partial charge in [-0.15, -0.1) is 0 Å². The standard InChI is InChI=1S/C30H30FN7O2/c1-20(39)34-24-6-4-21(5-7-24)28-12-13-33-30(36-28)35-25-8-10-26(11-9-25)37-14-16-38(17-15-37)29(40)22-2-3-23(19-32)27(31)18-22/h2-13,18H,14-17,19,32H2,1H3,(H,34,39)(H,33,35,36). The van der Waals surface area contributed by atoms with E-state index in [4.69, 9.17) is 5.73 Å². The molecule has 5 rings (SSSR count). The smallest absolute Gasteiger partial charge is 0.254 e. The van der Waals surface area contributed by atoms with Crippen molar-refractivity contribution >= 4 is 34.8 Å². The molecule has 4 aromatic rings. The fourth-order valence-corrected chi connectivity index (χ4v) is 4.59. The van der Waals surface area contributed by atoms with Crippen LogP contribution in [0.5, 0.6) is 0 Å². The van der Waals surface area contributed by atoms with Crippen LogP contribution in [0.25, 0.3) is 11.3 Å². The number of amides is 2. The molecule has 0 saturated carbocycles. The van der Waals surface area contributed by atoms with Gasteiger partial charge in [-0.2, -0.15) is 0 Å². The number of nitrogens with zero attached hydrogens (tertiary/aromatic N) is 4. The Morgan fingerprint density at radius 2 is 1.62 bits per heavy atom. The van der Waals surface area contributed by atoms with Crippen LogP contribution in [0.1, 0.15) is 22.8 Å². The maximum absolute atomic E-state index is 14.1. The van der Waals surface area contributed by atoms with Gasteiger partial charge in [0.05, 0.1) is 5.69 Å². The molecule has 1 aliphatic heterocycles. The number of aromatic nitrogens is 2. The molecule has 204 valence electrons. The van der Waals surface area contributed by atoms with Gasteiger partial charge in [-0.3, -0.25) is 9.59 Å². The third kappa shape index (κ3) is 6.24. The molecule has 0 radical (unpaired) electrons. The largest absolute Gasteiger partial charge is 0.368 e. The number of benzene rings is 3. The Bertz CT molecular complexity index is 1500. The van der Waals surface area contributed by atoms with Crippen LogP contribution in [0.3, 0.4) is 0 Å². The van der Waals surface area contributed by atoms with Gasteiger partial charge >= 0.3 is 0 Å². The van der Waals surface area contributed by atoms with Crippen molar-refractivity contribution in [2.45, 2.75) is 13.5 Å². The van der Waals surface area contributed by atoms with Crippen LogP contribution >= 0.6 is 0 Å². The van der Waals surface area contributed by atoms with E-state index in [-0.39, 0.29) is 18.4 Å². The number of hydrogen-bond acceptors (Lipinski definition) is 7. The van der Waals surface area contributed by atoms with Crippen LogP contribution in [0, 0.1) is 5.82 Å². The fourth-order valence-electron chi connectivity index (χ4n) is 4.59. The first-order valence-corrected chi connectivity index (χ1v) is 13.0. The van der Waals surface area contributed by atoms with Crippen LogP contribution in [0.2, 0.25) is 0 Å². The molecule has 0 atom stereocenters. The number of anilines is 4. The van der Waals surface area contributed by atoms with E-state index < -0.39 is 5.82 Å². The predicted molar refractivity (Wildman–Crippen MR) is 154 cm³/mol. The van der Waals surface area contributed by atoms with Gasteiger partial charge in [-0.05, 0) is 54.6 Å². The third-order valence-corrected chi connectivity index (χ3v) is 6.73. The molecule has 1 saturated heterocycles. The van der Waals surface area contributed by atoms with Gasteiger partial charge in [0.2, 0.25) is 11.9 Å². The van der Waals surface area contributed by atoms with E-state index in [0.717, 1.165) is 28.3 Å². The number of carbonyl (C=O) groups is 2. The van der Waals surface area contributed by atoms with Crippen LogP contribution in [-0.4, -0.2) is 52.9 Å². The number of nitrogens with two attached hydrogens (primary N) is 1. The lowest BCUT2D eigenvalue weighted by atomic mass is 10.1. The summed E-state index contributed by atoms with van der Waals surface area (Å²) >= 11 is 0. The summed E-state index contributed by atoms with van der Waals surface area (Å²) in [6, 6.07) is 21.7. The number of nitrogens with one attached hydrogen (secondary N) is 2. The second-order valence-corrected chi connectivity index (χ2v) is 9.49. The first-order valence-electron chi connectivity index (χ1n) is 13.0. The summed E-state index contributed by atoms with van der Waals surface area (Å²) < 4.78 is 14.1. The molecular weight excluding hydrogens is 509 g/mol. The summed E-state index contributed by atoms with van der Waals surface area (Å²) in [6.07, 6.45) is 1.70. The van der Waals surface area contributed by atoms with Gasteiger partial charge in [0.1, 0.15) is 5.82 Å². The summed E-state index contributed by atoms with van der Waals surface area (Å²) in [4.78, 5) is 37.0. The summed E-state index contributed by atoms with van der Waals surface area (Å²) in [6.45, 7) is 4.02. The second-order valence-electron chi connectivity index (χ2n) is 9.49. The maximum Gasteiger partial charge on any atom is 0.254 e. The highest BCUT2D eigenvalue weighted by Crippen LogP contribution is 2.24. The van der Waals surface area contributed by atoms with E-state index in [2.05, 4.69) is 25.5 Å². The Labute approximate surface area is 231 Å². The molecule has 3 aromatic carbocycles. The van der Waals surface area contributed by atoms with Crippen LogP contribution in [-0.2, 0) is 11.3 Å². The Hall–Kier alpha value is -4.83. The van der Waals surface area contributed by atoms with Crippen molar-refractivity contribution in [3.05, 3.63) is 95.9 Å². The second kappa shape index (κ2) is 11.9. The summed E-state index contributed by atoms with van der Waals surface area (Å²) in [5, 5.41) is 6.00. The Morgan fingerprint density at radius 3 is 2.27 bits per heavy atom. The van der Waals surface area contributed by atoms with Crippen molar-refractivity contribution < 1.29 is 14.0 Å². The van der Waals surface area contributed by atoms with Gasteiger partial charge < -0.3 is 26.2 Å². The zero-order valence-corrected chi connectivity index (χ0v) is 22.1. The lowest BCUT2D eigenvalue weighted by molar-refractivity contribution is -0.114. The number of carbonyl (C=O) groups excluding carboxylic acids is 2. The van der Waals surface area contributed by atoms with Crippen molar-refractivity contribution in [2.24, 2.45) is 5.73 Å². The minimum atomic E-state index is -0.449. The highest BCUT2D eigenvalue weighted by Gasteiger charge is 2.23. The molecule has 1 aromatic heterocycles. The molecule has 2 heterocycles. The molecule has 10 heteroatoms. The van der Waals surface area contributed by atoms with E-state index in [1.165, 1.54) is 13.0 Å². The van der Waals surface area contributed by atoms with E-state index in [0.29, 0.717) is 43.3 Å². The molecular formula is C30H30FN7O2. The van der Waals surface area contributed by atoms with Gasteiger partial charge in [-0.1, -0.05) is 18.2 Å². The van der Waals surface area contributed by atoms with Gasteiger partial charge in [0.25, 0.3) is 5.91 Å². The minimum absolute atomic E-state index is 0.100.